The number of hydrogen-bond acceptors (Lipinski definition) is 1. The van der Waals surface area contributed by atoms with Crippen molar-refractivity contribution < 1.29 is 0 Å². The van der Waals surface area contributed by atoms with Crippen molar-refractivity contribution in [1.29, 1.82) is 0 Å². The van der Waals surface area contributed by atoms with E-state index in [1.807, 2.05) is 0 Å². The molecule has 70 valence electrons. The lowest BCUT2D eigenvalue weighted by molar-refractivity contribution is 0.569. The standard InChI is InChI=1S/C12H17N/c1-8-5-4-6-11-9(2)7-10(3)13-12(8)11/h7-8H,4-6H2,1-3H3/t8-/m0/s1. The maximum atomic E-state index is 4.66. The van der Waals surface area contributed by atoms with Gasteiger partial charge < -0.3 is 0 Å². The topological polar surface area (TPSA) is 12.9 Å². The van der Waals surface area contributed by atoms with Crippen LogP contribution in [-0.4, -0.2) is 4.98 Å². The molecular formula is C12H17N. The summed E-state index contributed by atoms with van der Waals surface area (Å²) in [6, 6.07) is 2.21. The molecule has 1 aliphatic rings. The molecule has 0 N–H and O–H groups in total. The molecule has 1 heterocycles. The lowest BCUT2D eigenvalue weighted by Crippen LogP contribution is -2.11. The van der Waals surface area contributed by atoms with Crippen molar-refractivity contribution in [2.75, 3.05) is 0 Å². The highest BCUT2D eigenvalue weighted by atomic mass is 14.7. The van der Waals surface area contributed by atoms with E-state index in [2.05, 4.69) is 31.8 Å². The summed E-state index contributed by atoms with van der Waals surface area (Å²) >= 11 is 0. The van der Waals surface area contributed by atoms with Gasteiger partial charge in [0, 0.05) is 11.4 Å². The summed E-state index contributed by atoms with van der Waals surface area (Å²) in [5.74, 6) is 0.669. The first-order valence-corrected chi connectivity index (χ1v) is 5.15. The number of fused-ring (bicyclic) bond motifs is 1. The van der Waals surface area contributed by atoms with Gasteiger partial charge >= 0.3 is 0 Å². The van der Waals surface area contributed by atoms with E-state index in [4.69, 9.17) is 0 Å². The van der Waals surface area contributed by atoms with Gasteiger partial charge in [-0.3, -0.25) is 4.98 Å². The van der Waals surface area contributed by atoms with Crippen LogP contribution in [0.3, 0.4) is 0 Å². The third-order valence-electron chi connectivity index (χ3n) is 3.04. The van der Waals surface area contributed by atoms with Crippen LogP contribution in [0, 0.1) is 13.8 Å². The van der Waals surface area contributed by atoms with E-state index < -0.39 is 0 Å². The number of nitrogens with zero attached hydrogens (tertiary/aromatic N) is 1. The molecule has 0 radical (unpaired) electrons. The minimum Gasteiger partial charge on any atom is -0.258 e. The molecule has 0 unspecified atom stereocenters. The molecule has 0 aromatic carbocycles. The summed E-state index contributed by atoms with van der Waals surface area (Å²) in [5, 5.41) is 0. The Morgan fingerprint density at radius 3 is 2.92 bits per heavy atom. The Balaban J connectivity index is 2.56. The van der Waals surface area contributed by atoms with E-state index in [1.165, 1.54) is 41.8 Å². The molecule has 1 aromatic heterocycles. The molecule has 0 saturated heterocycles. The summed E-state index contributed by atoms with van der Waals surface area (Å²) in [5.41, 5.74) is 5.49. The Kier molecular flexibility index (Phi) is 2.10. The van der Waals surface area contributed by atoms with Gasteiger partial charge in [0.25, 0.3) is 0 Å². The van der Waals surface area contributed by atoms with Crippen LogP contribution in [0.5, 0.6) is 0 Å². The molecule has 0 saturated carbocycles. The highest BCUT2D eigenvalue weighted by molar-refractivity contribution is 5.35. The van der Waals surface area contributed by atoms with E-state index in [0.29, 0.717) is 5.92 Å². The average molecular weight is 175 g/mol. The summed E-state index contributed by atoms with van der Waals surface area (Å²) in [7, 11) is 0. The summed E-state index contributed by atoms with van der Waals surface area (Å²) in [4.78, 5) is 4.66. The third-order valence-corrected chi connectivity index (χ3v) is 3.04. The van der Waals surface area contributed by atoms with Gasteiger partial charge in [0.2, 0.25) is 0 Å². The maximum absolute atomic E-state index is 4.66. The lowest BCUT2D eigenvalue weighted by Gasteiger charge is -2.23. The predicted octanol–water partition coefficient (Wildman–Crippen LogP) is 3.14. The Labute approximate surface area is 80.2 Å². The fourth-order valence-corrected chi connectivity index (χ4v) is 2.35. The summed E-state index contributed by atoms with van der Waals surface area (Å²) < 4.78 is 0. The van der Waals surface area contributed by atoms with Crippen molar-refractivity contribution in [3.63, 3.8) is 0 Å². The van der Waals surface area contributed by atoms with Crippen molar-refractivity contribution >= 4 is 0 Å². The largest absolute Gasteiger partial charge is 0.258 e. The van der Waals surface area contributed by atoms with Crippen LogP contribution in [0.4, 0.5) is 0 Å². The maximum Gasteiger partial charge on any atom is 0.0469 e. The average Bonchev–Trinajstić information content (AvgIpc) is 2.07. The molecule has 0 bridgehead atoms. The van der Waals surface area contributed by atoms with Crippen LogP contribution in [0.2, 0.25) is 0 Å². The molecule has 1 aromatic rings. The number of hydrogen-bond donors (Lipinski definition) is 0. The van der Waals surface area contributed by atoms with Crippen LogP contribution in [0.25, 0.3) is 0 Å². The number of pyridine rings is 1. The normalized spacial score (nSPS) is 21.3. The van der Waals surface area contributed by atoms with Gasteiger partial charge in [-0.2, -0.15) is 0 Å². The second kappa shape index (κ2) is 3.13. The number of rotatable bonds is 0. The second-order valence-electron chi connectivity index (χ2n) is 4.24. The Hall–Kier alpha value is -0.850. The molecule has 1 heteroatoms. The molecule has 0 fully saturated rings. The minimum atomic E-state index is 0.669. The predicted molar refractivity (Wildman–Crippen MR) is 55.1 cm³/mol. The highest BCUT2D eigenvalue weighted by Crippen LogP contribution is 2.31. The Morgan fingerprint density at radius 1 is 1.38 bits per heavy atom. The molecule has 1 atom stereocenters. The summed E-state index contributed by atoms with van der Waals surface area (Å²) in [6.07, 6.45) is 3.88. The van der Waals surface area contributed by atoms with Crippen molar-refractivity contribution in [3.8, 4) is 0 Å². The molecule has 13 heavy (non-hydrogen) atoms. The van der Waals surface area contributed by atoms with Crippen LogP contribution in [0.1, 0.15) is 48.2 Å². The van der Waals surface area contributed by atoms with Gasteiger partial charge in [-0.05, 0) is 56.2 Å². The number of aromatic nitrogens is 1. The molecule has 0 aliphatic heterocycles. The highest BCUT2D eigenvalue weighted by Gasteiger charge is 2.19. The lowest BCUT2D eigenvalue weighted by atomic mass is 9.85. The smallest absolute Gasteiger partial charge is 0.0469 e. The van der Waals surface area contributed by atoms with Gasteiger partial charge in [0.1, 0.15) is 0 Å². The van der Waals surface area contributed by atoms with Gasteiger partial charge in [0.15, 0.2) is 0 Å². The zero-order valence-electron chi connectivity index (χ0n) is 8.72. The first-order valence-electron chi connectivity index (χ1n) is 5.15. The van der Waals surface area contributed by atoms with Crippen molar-refractivity contribution in [2.24, 2.45) is 0 Å². The van der Waals surface area contributed by atoms with Crippen LogP contribution >= 0.6 is 0 Å². The van der Waals surface area contributed by atoms with Crippen LogP contribution < -0.4 is 0 Å². The second-order valence-corrected chi connectivity index (χ2v) is 4.24. The van der Waals surface area contributed by atoms with Gasteiger partial charge in [-0.1, -0.05) is 6.92 Å². The van der Waals surface area contributed by atoms with Crippen LogP contribution in [-0.2, 0) is 6.42 Å². The van der Waals surface area contributed by atoms with Gasteiger partial charge in [-0.25, -0.2) is 0 Å². The van der Waals surface area contributed by atoms with E-state index in [9.17, 15) is 0 Å². The van der Waals surface area contributed by atoms with E-state index in [1.54, 1.807) is 0 Å². The van der Waals surface area contributed by atoms with E-state index >= 15 is 0 Å². The van der Waals surface area contributed by atoms with Gasteiger partial charge in [0.05, 0.1) is 0 Å². The van der Waals surface area contributed by atoms with E-state index in [0.717, 1.165) is 0 Å². The fraction of sp³-hybridized carbons (Fsp3) is 0.583. The van der Waals surface area contributed by atoms with E-state index in [-0.39, 0.29) is 0 Å². The zero-order chi connectivity index (χ0) is 9.42. The Bertz CT molecular complexity index is 328. The van der Waals surface area contributed by atoms with Crippen LogP contribution in [0.15, 0.2) is 6.07 Å². The van der Waals surface area contributed by atoms with Crippen molar-refractivity contribution in [3.05, 3.63) is 28.6 Å². The number of aryl methyl sites for hydroxylation is 2. The molecule has 0 spiro atoms. The minimum absolute atomic E-state index is 0.669. The van der Waals surface area contributed by atoms with Crippen molar-refractivity contribution in [1.82, 2.24) is 4.98 Å². The Morgan fingerprint density at radius 2 is 2.15 bits per heavy atom. The first-order chi connectivity index (χ1) is 6.18. The van der Waals surface area contributed by atoms with Gasteiger partial charge in [-0.15, -0.1) is 0 Å². The van der Waals surface area contributed by atoms with Crippen molar-refractivity contribution in [2.45, 2.75) is 46.0 Å². The first kappa shape index (κ1) is 8.74. The molecule has 1 aliphatic carbocycles. The zero-order valence-corrected chi connectivity index (χ0v) is 8.72. The molecule has 1 nitrogen and oxygen atoms in total. The summed E-state index contributed by atoms with van der Waals surface area (Å²) in [6.45, 7) is 6.60. The molecule has 2 rings (SSSR count). The monoisotopic (exact) mass is 175 g/mol. The fourth-order valence-electron chi connectivity index (χ4n) is 2.35. The molecular weight excluding hydrogens is 158 g/mol. The quantitative estimate of drug-likeness (QED) is 0.590. The third kappa shape index (κ3) is 1.48. The SMILES string of the molecule is Cc1cc(C)c2c(n1)[C@@H](C)CCC2. The molecule has 0 amide bonds.